The van der Waals surface area contributed by atoms with Crippen molar-refractivity contribution in [3.8, 4) is 28.3 Å². The molecule has 0 unspecified atom stereocenters. The Morgan fingerprint density at radius 2 is 1.81 bits per heavy atom. The van der Waals surface area contributed by atoms with Crippen molar-refractivity contribution in [2.24, 2.45) is 0 Å². The molecule has 4 aromatic heterocycles. The molecule has 48 heavy (non-hydrogen) atoms. The van der Waals surface area contributed by atoms with Crippen LogP contribution >= 0.6 is 0 Å². The van der Waals surface area contributed by atoms with Gasteiger partial charge in [0, 0.05) is 35.7 Å². The highest BCUT2D eigenvalue weighted by Gasteiger charge is 2.22. The molecule has 0 amide bonds. The van der Waals surface area contributed by atoms with Gasteiger partial charge in [0.05, 0.1) is 12.0 Å². The molecule has 4 heterocycles. The van der Waals surface area contributed by atoms with Crippen molar-refractivity contribution in [2.45, 2.75) is 32.4 Å². The first-order chi connectivity index (χ1) is 23.4. The second kappa shape index (κ2) is 13.1. The molecule has 0 radical (unpaired) electrons. The highest BCUT2D eigenvalue weighted by Crippen LogP contribution is 2.32. The van der Waals surface area contributed by atoms with Gasteiger partial charge in [0.1, 0.15) is 29.1 Å². The largest absolute Gasteiger partial charge is 0.485 e. The molecule has 0 aliphatic carbocycles. The number of carbonyl (C=O) groups is 1. The zero-order valence-electron chi connectivity index (χ0n) is 25.5. The van der Waals surface area contributed by atoms with E-state index in [2.05, 4.69) is 20.1 Å². The number of hydrogen-bond acceptors (Lipinski definition) is 13. The molecular weight excluding hydrogens is 618 g/mol. The fourth-order valence-electron chi connectivity index (χ4n) is 5.32. The van der Waals surface area contributed by atoms with Gasteiger partial charge in [-0.3, -0.25) is 9.42 Å². The standard InChI is InChI=1S/C33H29N9O6/c34-31-28-30(22-10-13-26-24(17-22)38-33(35)47-26)39-41(32(28)37-19-36-31)15-4-7-27(43)45-16-14-20-8-11-23(12-9-20)46-18-25-29(40-48-42(25)44)21-5-2-1-3-6-21/h1-3,5-6,8-13,17,19H,4,7,14-16,18H2,(H2,35,38)(H2,34,36,37). The number of esters is 1. The smallest absolute Gasteiger partial charge is 0.305 e. The predicted octanol–water partition coefficient (Wildman–Crippen LogP) is 4.23. The van der Waals surface area contributed by atoms with Gasteiger partial charge in [0.15, 0.2) is 17.8 Å². The van der Waals surface area contributed by atoms with Crippen molar-refractivity contribution in [1.82, 2.24) is 29.9 Å². The molecule has 4 N–H and O–H groups in total. The summed E-state index contributed by atoms with van der Waals surface area (Å²) in [4.78, 5) is 25.6. The van der Waals surface area contributed by atoms with Crippen LogP contribution in [0.1, 0.15) is 24.1 Å². The highest BCUT2D eigenvalue weighted by molar-refractivity contribution is 5.99. The molecule has 0 aliphatic heterocycles. The second-order valence-corrected chi connectivity index (χ2v) is 10.9. The van der Waals surface area contributed by atoms with Crippen LogP contribution in [0.3, 0.4) is 0 Å². The summed E-state index contributed by atoms with van der Waals surface area (Å²) in [6.45, 7) is 0.624. The first-order valence-electron chi connectivity index (χ1n) is 15.1. The molecule has 242 valence electrons. The van der Waals surface area contributed by atoms with Gasteiger partial charge < -0.3 is 30.6 Å². The summed E-state index contributed by atoms with van der Waals surface area (Å²) in [5, 5.41) is 21.3. The van der Waals surface area contributed by atoms with E-state index >= 15 is 0 Å². The van der Waals surface area contributed by atoms with Crippen LogP contribution in [0.15, 0.2) is 88.2 Å². The lowest BCUT2D eigenvalue weighted by Crippen LogP contribution is -2.29. The SMILES string of the molecule is Nc1nc2cc(-c3nn(CCCC(=O)OCCc4ccc(OCc5c(-c6ccccc6)no[n+]5[O-])cc4)c4ncnc(N)c34)ccc2o1. The average Bonchev–Trinajstić information content (AvgIpc) is 3.78. The Labute approximate surface area is 272 Å². The van der Waals surface area contributed by atoms with E-state index in [4.69, 9.17) is 35.1 Å². The molecule has 7 rings (SSSR count). The molecule has 0 spiro atoms. The van der Waals surface area contributed by atoms with Crippen molar-refractivity contribution >= 4 is 39.9 Å². The monoisotopic (exact) mass is 647 g/mol. The van der Waals surface area contributed by atoms with Gasteiger partial charge in [-0.1, -0.05) is 42.5 Å². The van der Waals surface area contributed by atoms with E-state index < -0.39 is 0 Å². The van der Waals surface area contributed by atoms with Crippen molar-refractivity contribution in [1.29, 1.82) is 0 Å². The number of nitrogens with two attached hydrogens (primary N) is 2. The number of nitrogen functional groups attached to an aromatic ring is 2. The highest BCUT2D eigenvalue weighted by atomic mass is 16.8. The lowest BCUT2D eigenvalue weighted by molar-refractivity contribution is -0.808. The second-order valence-electron chi connectivity index (χ2n) is 10.9. The van der Waals surface area contributed by atoms with E-state index in [-0.39, 0.29) is 37.3 Å². The fraction of sp³-hybridized carbons (Fsp3) is 0.182. The van der Waals surface area contributed by atoms with E-state index in [1.54, 1.807) is 22.9 Å². The molecule has 0 saturated carbocycles. The van der Waals surface area contributed by atoms with Crippen LogP contribution in [0.5, 0.6) is 5.75 Å². The Bertz CT molecular complexity index is 2210. The molecular formula is C33H29N9O6. The number of anilines is 2. The van der Waals surface area contributed by atoms with Gasteiger partial charge >= 0.3 is 5.97 Å². The zero-order chi connectivity index (χ0) is 33.0. The van der Waals surface area contributed by atoms with Gasteiger partial charge in [-0.2, -0.15) is 10.1 Å². The summed E-state index contributed by atoms with van der Waals surface area (Å²) in [5.41, 5.74) is 17.4. The fourth-order valence-corrected chi connectivity index (χ4v) is 5.32. The number of ether oxygens (including phenoxy) is 2. The zero-order valence-corrected chi connectivity index (χ0v) is 25.5. The lowest BCUT2D eigenvalue weighted by Gasteiger charge is -2.08. The summed E-state index contributed by atoms with van der Waals surface area (Å²) in [7, 11) is 0. The Kier molecular flexibility index (Phi) is 8.22. The lowest BCUT2D eigenvalue weighted by atomic mass is 10.1. The molecule has 3 aromatic carbocycles. The van der Waals surface area contributed by atoms with Gasteiger partial charge in [-0.15, -0.1) is 0 Å². The first kappa shape index (κ1) is 30.2. The van der Waals surface area contributed by atoms with E-state index in [9.17, 15) is 10.0 Å². The molecule has 0 atom stereocenters. The molecule has 15 nitrogen and oxygen atoms in total. The van der Waals surface area contributed by atoms with E-state index in [1.165, 1.54) is 6.33 Å². The van der Waals surface area contributed by atoms with Crippen LogP contribution in [0.2, 0.25) is 0 Å². The van der Waals surface area contributed by atoms with Crippen molar-refractivity contribution in [3.05, 3.63) is 95.6 Å². The first-order valence-corrected chi connectivity index (χ1v) is 15.1. The van der Waals surface area contributed by atoms with Crippen molar-refractivity contribution in [3.63, 3.8) is 0 Å². The van der Waals surface area contributed by atoms with Crippen LogP contribution in [0.4, 0.5) is 11.8 Å². The number of carbonyl (C=O) groups excluding carboxylic acids is 1. The predicted molar refractivity (Wildman–Crippen MR) is 173 cm³/mol. The third kappa shape index (κ3) is 6.28. The summed E-state index contributed by atoms with van der Waals surface area (Å²) >= 11 is 0. The minimum Gasteiger partial charge on any atom is -0.485 e. The summed E-state index contributed by atoms with van der Waals surface area (Å²) in [5.74, 6) is 0.549. The number of aromatic nitrogens is 7. The van der Waals surface area contributed by atoms with Crippen LogP contribution < -0.4 is 21.1 Å². The van der Waals surface area contributed by atoms with Gasteiger partial charge in [-0.05, 0) is 47.2 Å². The van der Waals surface area contributed by atoms with Crippen LogP contribution in [0.25, 0.3) is 44.6 Å². The normalized spacial score (nSPS) is 11.3. The number of hydrogen-bond donors (Lipinski definition) is 2. The Morgan fingerprint density at radius 1 is 0.979 bits per heavy atom. The maximum atomic E-state index is 12.5. The Hall–Kier alpha value is -6.51. The van der Waals surface area contributed by atoms with Crippen LogP contribution in [-0.4, -0.2) is 42.5 Å². The summed E-state index contributed by atoms with van der Waals surface area (Å²) < 4.78 is 23.2. The van der Waals surface area contributed by atoms with Gasteiger partial charge in [0.2, 0.25) is 5.69 Å². The summed E-state index contributed by atoms with van der Waals surface area (Å²) in [6, 6.07) is 22.1. The minimum absolute atomic E-state index is 0.0156. The number of rotatable bonds is 12. The third-order valence-electron chi connectivity index (χ3n) is 7.69. The minimum atomic E-state index is -0.316. The third-order valence-corrected chi connectivity index (χ3v) is 7.69. The number of aryl methyl sites for hydroxylation is 1. The van der Waals surface area contributed by atoms with Crippen molar-refractivity contribution < 1.29 is 28.2 Å². The molecule has 7 aromatic rings. The average molecular weight is 648 g/mol. The number of fused-ring (bicyclic) bond motifs is 2. The molecule has 0 saturated heterocycles. The topological polar surface area (TPSA) is 210 Å². The quantitative estimate of drug-likeness (QED) is 0.141. The number of benzene rings is 3. The molecule has 15 heteroatoms. The molecule has 0 fully saturated rings. The van der Waals surface area contributed by atoms with Gasteiger partial charge in [-0.25, -0.2) is 14.6 Å². The molecule has 0 bridgehead atoms. The summed E-state index contributed by atoms with van der Waals surface area (Å²) in [6.07, 6.45) is 2.59. The van der Waals surface area contributed by atoms with Crippen LogP contribution in [-0.2, 0) is 29.1 Å². The Balaban J connectivity index is 0.903. The van der Waals surface area contributed by atoms with Gasteiger partial charge in [0.25, 0.3) is 11.7 Å². The molecule has 0 aliphatic rings. The Morgan fingerprint density at radius 3 is 2.65 bits per heavy atom. The maximum absolute atomic E-state index is 12.5. The van der Waals surface area contributed by atoms with E-state index in [0.717, 1.165) is 16.7 Å². The van der Waals surface area contributed by atoms with E-state index in [1.807, 2.05) is 54.6 Å². The van der Waals surface area contributed by atoms with Crippen molar-refractivity contribution in [2.75, 3.05) is 18.1 Å². The number of oxazole rings is 1. The maximum Gasteiger partial charge on any atom is 0.305 e. The van der Waals surface area contributed by atoms with Crippen LogP contribution in [0, 0.1) is 5.21 Å². The van der Waals surface area contributed by atoms with E-state index in [0.29, 0.717) is 69.4 Å². The number of nitrogens with zero attached hydrogens (tertiary/aromatic N) is 7.